The minimum Gasteiger partial charge on any atom is -0.384 e. The molecule has 2 aliphatic rings. The van der Waals surface area contributed by atoms with Crippen molar-refractivity contribution in [1.29, 1.82) is 0 Å². The van der Waals surface area contributed by atoms with E-state index in [0.29, 0.717) is 0 Å². The van der Waals surface area contributed by atoms with Crippen molar-refractivity contribution in [3.8, 4) is 0 Å². The Kier molecular flexibility index (Phi) is 3.42. The Hall–Kier alpha value is -1.55. The molecule has 1 saturated heterocycles. The number of carbonyl (C=O) groups is 1. The minimum atomic E-state index is 0.173. The zero-order chi connectivity index (χ0) is 13.2. The van der Waals surface area contributed by atoms with Crippen LogP contribution >= 0.6 is 0 Å². The molecule has 1 amide bonds. The van der Waals surface area contributed by atoms with Gasteiger partial charge >= 0.3 is 0 Å². The summed E-state index contributed by atoms with van der Waals surface area (Å²) in [5.41, 5.74) is 3.28. The first-order chi connectivity index (χ1) is 9.28. The van der Waals surface area contributed by atoms with Crippen LogP contribution in [-0.4, -0.2) is 55.0 Å². The van der Waals surface area contributed by atoms with Crippen molar-refractivity contribution < 1.29 is 4.79 Å². The molecule has 0 aliphatic carbocycles. The fourth-order valence-electron chi connectivity index (χ4n) is 2.87. The average Bonchev–Trinajstić information content (AvgIpc) is 2.94. The lowest BCUT2D eigenvalue weighted by atomic mass is 10.1. The molecule has 1 aromatic rings. The van der Waals surface area contributed by atoms with Gasteiger partial charge in [-0.15, -0.1) is 0 Å². The third-order valence-electron chi connectivity index (χ3n) is 4.17. The fourth-order valence-corrected chi connectivity index (χ4v) is 2.87. The normalized spacial score (nSPS) is 19.1. The molecule has 0 atom stereocenters. The predicted molar refractivity (Wildman–Crippen MR) is 76.7 cm³/mol. The van der Waals surface area contributed by atoms with E-state index in [0.717, 1.165) is 56.9 Å². The average molecular weight is 259 g/mol. The molecule has 0 radical (unpaired) electrons. The van der Waals surface area contributed by atoms with E-state index in [4.69, 9.17) is 0 Å². The Morgan fingerprint density at radius 2 is 2.05 bits per heavy atom. The SMILES string of the molecule is CCN1CCN(C(=O)c2ccc3c(c2)NCC3)CC1. The molecule has 0 saturated carbocycles. The third-order valence-corrected chi connectivity index (χ3v) is 4.17. The van der Waals surface area contributed by atoms with E-state index in [1.165, 1.54) is 5.56 Å². The number of likely N-dealkylation sites (N-methyl/N-ethyl adjacent to an activating group) is 1. The van der Waals surface area contributed by atoms with E-state index in [1.54, 1.807) is 0 Å². The van der Waals surface area contributed by atoms with E-state index in [9.17, 15) is 4.79 Å². The quantitative estimate of drug-likeness (QED) is 0.873. The Balaban J connectivity index is 1.70. The molecule has 102 valence electrons. The van der Waals surface area contributed by atoms with E-state index in [1.807, 2.05) is 17.0 Å². The summed E-state index contributed by atoms with van der Waals surface area (Å²) in [6.07, 6.45) is 1.07. The van der Waals surface area contributed by atoms with Gasteiger partial charge in [-0.3, -0.25) is 4.79 Å². The van der Waals surface area contributed by atoms with Gasteiger partial charge in [-0.05, 0) is 30.7 Å². The van der Waals surface area contributed by atoms with Gasteiger partial charge in [0, 0.05) is 44.0 Å². The Labute approximate surface area is 114 Å². The van der Waals surface area contributed by atoms with Crippen LogP contribution in [-0.2, 0) is 6.42 Å². The first kappa shape index (κ1) is 12.5. The van der Waals surface area contributed by atoms with Crippen molar-refractivity contribution in [1.82, 2.24) is 9.80 Å². The number of benzene rings is 1. The van der Waals surface area contributed by atoms with Crippen molar-refractivity contribution in [2.45, 2.75) is 13.3 Å². The van der Waals surface area contributed by atoms with Gasteiger partial charge in [-0.2, -0.15) is 0 Å². The smallest absolute Gasteiger partial charge is 0.254 e. The predicted octanol–water partition coefficient (Wildman–Crippen LogP) is 1.43. The largest absolute Gasteiger partial charge is 0.384 e. The standard InChI is InChI=1S/C15H21N3O/c1-2-17-7-9-18(10-8-17)15(19)13-4-3-12-5-6-16-14(12)11-13/h3-4,11,16H,2,5-10H2,1H3. The molecule has 0 aromatic heterocycles. The minimum absolute atomic E-state index is 0.173. The topological polar surface area (TPSA) is 35.6 Å². The molecule has 0 bridgehead atoms. The first-order valence-electron chi connectivity index (χ1n) is 7.16. The summed E-state index contributed by atoms with van der Waals surface area (Å²) in [5.74, 6) is 0.173. The van der Waals surface area contributed by atoms with Gasteiger partial charge in [0.05, 0.1) is 0 Å². The summed E-state index contributed by atoms with van der Waals surface area (Å²) in [4.78, 5) is 16.8. The van der Waals surface area contributed by atoms with Crippen LogP contribution in [0.2, 0.25) is 0 Å². The Morgan fingerprint density at radius 3 is 2.79 bits per heavy atom. The number of anilines is 1. The summed E-state index contributed by atoms with van der Waals surface area (Å²) in [6, 6.07) is 6.07. The summed E-state index contributed by atoms with van der Waals surface area (Å²) in [6.45, 7) is 7.90. The zero-order valence-electron chi connectivity index (χ0n) is 11.5. The van der Waals surface area contributed by atoms with Gasteiger partial charge in [0.15, 0.2) is 0 Å². The van der Waals surface area contributed by atoms with Crippen LogP contribution < -0.4 is 5.32 Å². The molecule has 0 unspecified atom stereocenters. The lowest BCUT2D eigenvalue weighted by Gasteiger charge is -2.34. The Morgan fingerprint density at radius 1 is 1.26 bits per heavy atom. The van der Waals surface area contributed by atoms with E-state index < -0.39 is 0 Å². The fraction of sp³-hybridized carbons (Fsp3) is 0.533. The number of hydrogen-bond donors (Lipinski definition) is 1. The van der Waals surface area contributed by atoms with Gasteiger partial charge in [0.25, 0.3) is 5.91 Å². The number of amides is 1. The number of nitrogens with zero attached hydrogens (tertiary/aromatic N) is 2. The molecule has 4 heteroatoms. The summed E-state index contributed by atoms with van der Waals surface area (Å²) < 4.78 is 0. The van der Waals surface area contributed by atoms with Crippen LogP contribution in [0.1, 0.15) is 22.8 Å². The van der Waals surface area contributed by atoms with Gasteiger partial charge < -0.3 is 15.1 Å². The number of nitrogens with one attached hydrogen (secondary N) is 1. The van der Waals surface area contributed by atoms with Crippen molar-refractivity contribution in [2.24, 2.45) is 0 Å². The van der Waals surface area contributed by atoms with Crippen LogP contribution in [0.4, 0.5) is 5.69 Å². The van der Waals surface area contributed by atoms with Gasteiger partial charge in [-0.25, -0.2) is 0 Å². The molecular weight excluding hydrogens is 238 g/mol. The number of hydrogen-bond acceptors (Lipinski definition) is 3. The molecule has 1 fully saturated rings. The zero-order valence-corrected chi connectivity index (χ0v) is 11.5. The molecule has 4 nitrogen and oxygen atoms in total. The summed E-state index contributed by atoms with van der Waals surface area (Å²) in [7, 11) is 0. The van der Waals surface area contributed by atoms with Crippen LogP contribution in [0.3, 0.4) is 0 Å². The molecule has 19 heavy (non-hydrogen) atoms. The number of piperazine rings is 1. The lowest BCUT2D eigenvalue weighted by Crippen LogP contribution is -2.48. The van der Waals surface area contributed by atoms with E-state index in [2.05, 4.69) is 23.2 Å². The highest BCUT2D eigenvalue weighted by molar-refractivity contribution is 5.95. The van der Waals surface area contributed by atoms with Gasteiger partial charge in [0.2, 0.25) is 0 Å². The van der Waals surface area contributed by atoms with Crippen molar-refractivity contribution in [2.75, 3.05) is 44.6 Å². The van der Waals surface area contributed by atoms with Crippen LogP contribution in [0.15, 0.2) is 18.2 Å². The molecule has 1 aromatic carbocycles. The first-order valence-corrected chi connectivity index (χ1v) is 7.16. The molecule has 2 heterocycles. The van der Waals surface area contributed by atoms with Crippen molar-refractivity contribution in [3.05, 3.63) is 29.3 Å². The number of fused-ring (bicyclic) bond motifs is 1. The maximum absolute atomic E-state index is 12.5. The van der Waals surface area contributed by atoms with Gasteiger partial charge in [-0.1, -0.05) is 13.0 Å². The van der Waals surface area contributed by atoms with Crippen molar-refractivity contribution in [3.63, 3.8) is 0 Å². The highest BCUT2D eigenvalue weighted by atomic mass is 16.2. The maximum Gasteiger partial charge on any atom is 0.254 e. The summed E-state index contributed by atoms with van der Waals surface area (Å²) >= 11 is 0. The van der Waals surface area contributed by atoms with Crippen LogP contribution in [0, 0.1) is 0 Å². The number of carbonyl (C=O) groups excluding carboxylic acids is 1. The highest BCUT2D eigenvalue weighted by Crippen LogP contribution is 2.24. The van der Waals surface area contributed by atoms with Crippen LogP contribution in [0.5, 0.6) is 0 Å². The molecule has 0 spiro atoms. The second-order valence-electron chi connectivity index (χ2n) is 5.28. The maximum atomic E-state index is 12.5. The molecular formula is C15H21N3O. The second kappa shape index (κ2) is 5.21. The third kappa shape index (κ3) is 2.45. The molecule has 3 rings (SSSR count). The monoisotopic (exact) mass is 259 g/mol. The molecule has 1 N–H and O–H groups in total. The molecule has 2 aliphatic heterocycles. The highest BCUT2D eigenvalue weighted by Gasteiger charge is 2.22. The second-order valence-corrected chi connectivity index (χ2v) is 5.28. The van der Waals surface area contributed by atoms with Crippen LogP contribution in [0.25, 0.3) is 0 Å². The number of rotatable bonds is 2. The van der Waals surface area contributed by atoms with E-state index >= 15 is 0 Å². The Bertz CT molecular complexity index is 478. The lowest BCUT2D eigenvalue weighted by molar-refractivity contribution is 0.0643. The van der Waals surface area contributed by atoms with E-state index in [-0.39, 0.29) is 5.91 Å². The summed E-state index contributed by atoms with van der Waals surface area (Å²) in [5, 5.41) is 3.34. The van der Waals surface area contributed by atoms with Gasteiger partial charge in [0.1, 0.15) is 0 Å². The van der Waals surface area contributed by atoms with Crippen molar-refractivity contribution >= 4 is 11.6 Å².